The Labute approximate surface area is 161 Å². The van der Waals surface area contributed by atoms with Crippen LogP contribution in [-0.4, -0.2) is 17.4 Å². The third kappa shape index (κ3) is 3.51. The maximum atomic E-state index is 13.9. The van der Waals surface area contributed by atoms with Crippen molar-refractivity contribution in [3.8, 4) is 0 Å². The van der Waals surface area contributed by atoms with Crippen molar-refractivity contribution in [1.82, 2.24) is 10.3 Å². The molecular weight excluding hydrogens is 358 g/mol. The summed E-state index contributed by atoms with van der Waals surface area (Å²) in [5.74, 6) is -2.18. The number of benzene rings is 3. The molecular formula is C23H18F2N2O. The molecule has 0 saturated carbocycles. The zero-order chi connectivity index (χ0) is 19.5. The van der Waals surface area contributed by atoms with E-state index < -0.39 is 17.5 Å². The summed E-state index contributed by atoms with van der Waals surface area (Å²) in [7, 11) is 0. The number of hydrogen-bond donors (Lipinski definition) is 2. The maximum absolute atomic E-state index is 13.9. The first-order valence-electron chi connectivity index (χ1n) is 8.97. The molecule has 0 aliphatic carbocycles. The minimum absolute atomic E-state index is 0.141. The molecule has 0 saturated heterocycles. The van der Waals surface area contributed by atoms with Crippen LogP contribution >= 0.6 is 0 Å². The number of para-hydroxylation sites is 1. The zero-order valence-electron chi connectivity index (χ0n) is 15.0. The summed E-state index contributed by atoms with van der Waals surface area (Å²) in [6, 6.07) is 20.6. The second-order valence-electron chi connectivity index (χ2n) is 6.59. The normalized spacial score (nSPS) is 12.1. The number of nitrogens with one attached hydrogen (secondary N) is 2. The van der Waals surface area contributed by atoms with Crippen molar-refractivity contribution in [2.24, 2.45) is 0 Å². The van der Waals surface area contributed by atoms with Gasteiger partial charge in [-0.2, -0.15) is 0 Å². The lowest BCUT2D eigenvalue weighted by Gasteiger charge is -2.18. The molecule has 4 rings (SSSR count). The first kappa shape index (κ1) is 17.9. The SMILES string of the molecule is O=C(NC[C@@H](c1ccccc1)c1c[nH]c2ccccc12)c1cc(F)ccc1F. The lowest BCUT2D eigenvalue weighted by atomic mass is 9.91. The van der Waals surface area contributed by atoms with Gasteiger partial charge in [0.2, 0.25) is 0 Å². The van der Waals surface area contributed by atoms with E-state index in [0.717, 1.165) is 40.2 Å². The Hall–Kier alpha value is -3.47. The minimum Gasteiger partial charge on any atom is -0.361 e. The average molecular weight is 376 g/mol. The Morgan fingerprint density at radius 3 is 2.54 bits per heavy atom. The molecule has 0 radical (unpaired) electrons. The van der Waals surface area contributed by atoms with Gasteiger partial charge in [-0.1, -0.05) is 48.5 Å². The van der Waals surface area contributed by atoms with E-state index in [1.807, 2.05) is 60.8 Å². The highest BCUT2D eigenvalue weighted by molar-refractivity contribution is 5.94. The molecule has 3 aromatic carbocycles. The van der Waals surface area contributed by atoms with Crippen LogP contribution < -0.4 is 5.32 Å². The van der Waals surface area contributed by atoms with Gasteiger partial charge < -0.3 is 10.3 Å². The third-order valence-electron chi connectivity index (χ3n) is 4.84. The molecule has 1 atom stereocenters. The quantitative estimate of drug-likeness (QED) is 0.505. The lowest BCUT2D eigenvalue weighted by Crippen LogP contribution is -2.29. The number of halogens is 2. The van der Waals surface area contributed by atoms with E-state index >= 15 is 0 Å². The van der Waals surface area contributed by atoms with Crippen molar-refractivity contribution in [3.05, 3.63) is 107 Å². The summed E-state index contributed by atoms with van der Waals surface area (Å²) < 4.78 is 27.3. The van der Waals surface area contributed by atoms with Gasteiger partial charge in [0, 0.05) is 29.6 Å². The van der Waals surface area contributed by atoms with Crippen LogP contribution in [-0.2, 0) is 0 Å². The molecule has 0 spiro atoms. The van der Waals surface area contributed by atoms with Crippen molar-refractivity contribution in [3.63, 3.8) is 0 Å². The second kappa shape index (κ2) is 7.64. The summed E-state index contributed by atoms with van der Waals surface area (Å²) in [5.41, 5.74) is 2.75. The van der Waals surface area contributed by atoms with E-state index in [0.29, 0.717) is 0 Å². The van der Waals surface area contributed by atoms with Gasteiger partial charge in [0.1, 0.15) is 11.6 Å². The molecule has 0 unspecified atom stereocenters. The Morgan fingerprint density at radius 2 is 1.71 bits per heavy atom. The maximum Gasteiger partial charge on any atom is 0.254 e. The molecule has 0 aliphatic heterocycles. The van der Waals surface area contributed by atoms with Crippen molar-refractivity contribution >= 4 is 16.8 Å². The van der Waals surface area contributed by atoms with Crippen molar-refractivity contribution in [2.45, 2.75) is 5.92 Å². The second-order valence-corrected chi connectivity index (χ2v) is 6.59. The number of carbonyl (C=O) groups is 1. The molecule has 0 aliphatic rings. The monoisotopic (exact) mass is 376 g/mol. The highest BCUT2D eigenvalue weighted by Gasteiger charge is 2.20. The number of H-pyrrole nitrogens is 1. The first-order chi connectivity index (χ1) is 13.6. The fourth-order valence-electron chi connectivity index (χ4n) is 3.44. The minimum atomic E-state index is -0.748. The van der Waals surface area contributed by atoms with E-state index in [1.54, 1.807) is 0 Å². The lowest BCUT2D eigenvalue weighted by molar-refractivity contribution is 0.0948. The van der Waals surface area contributed by atoms with Gasteiger partial charge >= 0.3 is 0 Å². The largest absolute Gasteiger partial charge is 0.361 e. The van der Waals surface area contributed by atoms with Gasteiger partial charge in [-0.3, -0.25) is 4.79 Å². The molecule has 1 amide bonds. The van der Waals surface area contributed by atoms with Gasteiger partial charge in [-0.25, -0.2) is 8.78 Å². The summed E-state index contributed by atoms with van der Waals surface area (Å²) in [6.45, 7) is 0.251. The molecule has 2 N–H and O–H groups in total. The number of rotatable bonds is 5. The number of hydrogen-bond acceptors (Lipinski definition) is 1. The Balaban J connectivity index is 1.65. The molecule has 5 heteroatoms. The van der Waals surface area contributed by atoms with Crippen molar-refractivity contribution < 1.29 is 13.6 Å². The van der Waals surface area contributed by atoms with Crippen LogP contribution in [0.5, 0.6) is 0 Å². The molecule has 140 valence electrons. The van der Waals surface area contributed by atoms with E-state index in [9.17, 15) is 13.6 Å². The number of carbonyl (C=O) groups excluding carboxylic acids is 1. The van der Waals surface area contributed by atoms with E-state index in [4.69, 9.17) is 0 Å². The zero-order valence-corrected chi connectivity index (χ0v) is 15.0. The number of aromatic nitrogens is 1. The summed E-state index contributed by atoms with van der Waals surface area (Å²) in [6.07, 6.45) is 1.93. The van der Waals surface area contributed by atoms with Crippen LogP contribution in [0.3, 0.4) is 0 Å². The van der Waals surface area contributed by atoms with Crippen molar-refractivity contribution in [2.75, 3.05) is 6.54 Å². The first-order valence-corrected chi connectivity index (χ1v) is 8.97. The Kier molecular flexibility index (Phi) is 4.89. The summed E-state index contributed by atoms with van der Waals surface area (Å²) >= 11 is 0. The van der Waals surface area contributed by atoms with Crippen LogP contribution in [0.2, 0.25) is 0 Å². The van der Waals surface area contributed by atoms with Crippen LogP contribution in [0.1, 0.15) is 27.4 Å². The number of fused-ring (bicyclic) bond motifs is 1. The highest BCUT2D eigenvalue weighted by atomic mass is 19.1. The van der Waals surface area contributed by atoms with Crippen molar-refractivity contribution in [1.29, 1.82) is 0 Å². The van der Waals surface area contributed by atoms with Gasteiger partial charge in [0.15, 0.2) is 0 Å². The van der Waals surface area contributed by atoms with Crippen LogP contribution in [0, 0.1) is 11.6 Å². The van der Waals surface area contributed by atoms with Gasteiger partial charge in [-0.05, 0) is 35.4 Å². The number of amides is 1. The predicted octanol–water partition coefficient (Wildman–Crippen LogP) is 5.01. The van der Waals surface area contributed by atoms with Gasteiger partial charge in [-0.15, -0.1) is 0 Å². The molecule has 0 fully saturated rings. The van der Waals surface area contributed by atoms with Gasteiger partial charge in [0.05, 0.1) is 5.56 Å². The van der Waals surface area contributed by atoms with Gasteiger partial charge in [0.25, 0.3) is 5.91 Å². The molecule has 3 nitrogen and oxygen atoms in total. The molecule has 1 aromatic heterocycles. The van der Waals surface area contributed by atoms with E-state index in [2.05, 4.69) is 10.3 Å². The van der Waals surface area contributed by atoms with Crippen LogP contribution in [0.4, 0.5) is 8.78 Å². The predicted molar refractivity (Wildman–Crippen MR) is 105 cm³/mol. The van der Waals surface area contributed by atoms with Crippen LogP contribution in [0.25, 0.3) is 10.9 Å². The smallest absolute Gasteiger partial charge is 0.254 e. The standard InChI is InChI=1S/C23H18F2N2O/c24-16-10-11-21(25)18(12-16)23(28)27-13-19(15-6-2-1-3-7-15)20-14-26-22-9-5-4-8-17(20)22/h1-12,14,19,26H,13H2,(H,27,28)/t19-/m0/s1. The fraction of sp³-hybridized carbons (Fsp3) is 0.0870. The average Bonchev–Trinajstić information content (AvgIpc) is 3.15. The highest BCUT2D eigenvalue weighted by Crippen LogP contribution is 2.30. The molecule has 1 heterocycles. The summed E-state index contributed by atoms with van der Waals surface area (Å²) in [4.78, 5) is 15.7. The topological polar surface area (TPSA) is 44.9 Å². The van der Waals surface area contributed by atoms with Crippen LogP contribution in [0.15, 0.2) is 79.0 Å². The van der Waals surface area contributed by atoms with E-state index in [-0.39, 0.29) is 18.0 Å². The molecule has 28 heavy (non-hydrogen) atoms. The molecule has 0 bridgehead atoms. The van der Waals surface area contributed by atoms with E-state index in [1.165, 1.54) is 0 Å². The third-order valence-corrected chi connectivity index (χ3v) is 4.84. The fourth-order valence-corrected chi connectivity index (χ4v) is 3.44. The molecule has 4 aromatic rings. The Morgan fingerprint density at radius 1 is 0.964 bits per heavy atom. The Bertz CT molecular complexity index is 1120. The number of aromatic amines is 1. The summed E-state index contributed by atoms with van der Waals surface area (Å²) in [5, 5.41) is 3.82.